The van der Waals surface area contributed by atoms with Crippen molar-refractivity contribution < 1.29 is 9.59 Å². The maximum atomic E-state index is 12.8. The van der Waals surface area contributed by atoms with E-state index in [4.69, 9.17) is 23.2 Å². The summed E-state index contributed by atoms with van der Waals surface area (Å²) >= 11 is 11.9. The van der Waals surface area contributed by atoms with Gasteiger partial charge in [0.1, 0.15) is 5.82 Å². The molecule has 0 atom stereocenters. The third-order valence-electron chi connectivity index (χ3n) is 4.99. The minimum Gasteiger partial charge on any atom is -0.354 e. The second-order valence-electron chi connectivity index (χ2n) is 7.33. The number of rotatable bonds is 5. The number of hydrogen-bond acceptors (Lipinski definition) is 7. The standard InChI is InChI=1S/C22H21Cl2N7O2/c23-14-2-4-17(16(12-14)21(32)28-19-6-3-15(24)13-26-19)27-22(33)18-5-7-20(30-29-18)31-10-1-8-25-9-11-31/h2-7,12-13,25H,1,8-11H2,(H,27,33)(H,26,28,32). The van der Waals surface area contributed by atoms with Crippen LogP contribution in [-0.4, -0.2) is 53.2 Å². The van der Waals surface area contributed by atoms with Crippen molar-refractivity contribution in [2.75, 3.05) is 41.7 Å². The zero-order chi connectivity index (χ0) is 23.2. The summed E-state index contributed by atoms with van der Waals surface area (Å²) in [5.41, 5.74) is 0.585. The molecule has 3 aromatic rings. The molecular formula is C22H21Cl2N7O2. The van der Waals surface area contributed by atoms with Gasteiger partial charge in [0.25, 0.3) is 11.8 Å². The van der Waals surface area contributed by atoms with Crippen molar-refractivity contribution in [1.82, 2.24) is 20.5 Å². The van der Waals surface area contributed by atoms with Gasteiger partial charge in [0.15, 0.2) is 11.5 Å². The van der Waals surface area contributed by atoms with Crippen LogP contribution in [0.5, 0.6) is 0 Å². The van der Waals surface area contributed by atoms with E-state index in [1.807, 2.05) is 0 Å². The highest BCUT2D eigenvalue weighted by atomic mass is 35.5. The first-order chi connectivity index (χ1) is 16.0. The molecule has 2 aromatic heterocycles. The molecule has 2 amide bonds. The molecule has 170 valence electrons. The molecule has 0 aliphatic carbocycles. The number of halogens is 2. The van der Waals surface area contributed by atoms with Crippen LogP contribution in [0.15, 0.2) is 48.7 Å². The number of amides is 2. The van der Waals surface area contributed by atoms with E-state index < -0.39 is 11.8 Å². The van der Waals surface area contributed by atoms with Gasteiger partial charge >= 0.3 is 0 Å². The lowest BCUT2D eigenvalue weighted by Gasteiger charge is -2.20. The molecule has 0 bridgehead atoms. The molecular weight excluding hydrogens is 465 g/mol. The van der Waals surface area contributed by atoms with Gasteiger partial charge in [-0.05, 0) is 55.4 Å². The molecule has 3 N–H and O–H groups in total. The lowest BCUT2D eigenvalue weighted by atomic mass is 10.1. The maximum Gasteiger partial charge on any atom is 0.276 e. The van der Waals surface area contributed by atoms with Gasteiger partial charge in [0.2, 0.25) is 0 Å². The molecule has 1 saturated heterocycles. The number of hydrogen-bond donors (Lipinski definition) is 3. The van der Waals surface area contributed by atoms with Crippen LogP contribution < -0.4 is 20.9 Å². The fourth-order valence-electron chi connectivity index (χ4n) is 3.32. The molecule has 0 spiro atoms. The van der Waals surface area contributed by atoms with E-state index in [1.165, 1.54) is 12.3 Å². The van der Waals surface area contributed by atoms with Crippen LogP contribution in [0, 0.1) is 0 Å². The average Bonchev–Trinajstić information content (AvgIpc) is 3.11. The Labute approximate surface area is 200 Å². The second-order valence-corrected chi connectivity index (χ2v) is 8.20. The van der Waals surface area contributed by atoms with E-state index in [-0.39, 0.29) is 16.9 Å². The topological polar surface area (TPSA) is 112 Å². The van der Waals surface area contributed by atoms with E-state index >= 15 is 0 Å². The molecule has 3 heterocycles. The van der Waals surface area contributed by atoms with Gasteiger partial charge in [-0.2, -0.15) is 0 Å². The van der Waals surface area contributed by atoms with Crippen LogP contribution >= 0.6 is 23.2 Å². The average molecular weight is 486 g/mol. The third kappa shape index (κ3) is 5.95. The van der Waals surface area contributed by atoms with Gasteiger partial charge in [-0.15, -0.1) is 10.2 Å². The van der Waals surface area contributed by atoms with E-state index in [0.717, 1.165) is 38.4 Å². The normalized spacial score (nSPS) is 13.8. The van der Waals surface area contributed by atoms with Gasteiger partial charge in [-0.1, -0.05) is 23.2 Å². The van der Waals surface area contributed by atoms with Crippen molar-refractivity contribution in [3.05, 3.63) is 70.0 Å². The zero-order valence-electron chi connectivity index (χ0n) is 17.5. The number of pyridine rings is 1. The summed E-state index contributed by atoms with van der Waals surface area (Å²) < 4.78 is 0. The van der Waals surface area contributed by atoms with Crippen molar-refractivity contribution in [3.63, 3.8) is 0 Å². The van der Waals surface area contributed by atoms with Gasteiger partial charge in [-0.3, -0.25) is 9.59 Å². The number of carbonyl (C=O) groups is 2. The highest BCUT2D eigenvalue weighted by molar-refractivity contribution is 6.31. The molecule has 11 heteroatoms. The summed E-state index contributed by atoms with van der Waals surface area (Å²) in [4.78, 5) is 31.8. The summed E-state index contributed by atoms with van der Waals surface area (Å²) in [7, 11) is 0. The highest BCUT2D eigenvalue weighted by Gasteiger charge is 2.18. The van der Waals surface area contributed by atoms with Crippen LogP contribution in [0.4, 0.5) is 17.3 Å². The van der Waals surface area contributed by atoms with Gasteiger partial charge in [-0.25, -0.2) is 4.98 Å². The van der Waals surface area contributed by atoms with Crippen LogP contribution in [0.3, 0.4) is 0 Å². The molecule has 33 heavy (non-hydrogen) atoms. The van der Waals surface area contributed by atoms with Crippen molar-refractivity contribution in [2.45, 2.75) is 6.42 Å². The smallest absolute Gasteiger partial charge is 0.276 e. The third-order valence-corrected chi connectivity index (χ3v) is 5.45. The van der Waals surface area contributed by atoms with Crippen LogP contribution in [0.25, 0.3) is 0 Å². The SMILES string of the molecule is O=C(Nc1ccc(Cl)cc1C(=O)Nc1ccc(Cl)cn1)c1ccc(N2CCCNCC2)nn1. The first kappa shape index (κ1) is 22.9. The number of aromatic nitrogens is 3. The van der Waals surface area contributed by atoms with E-state index in [1.54, 1.807) is 36.4 Å². The van der Waals surface area contributed by atoms with E-state index in [9.17, 15) is 9.59 Å². The van der Waals surface area contributed by atoms with Gasteiger partial charge in [0, 0.05) is 30.9 Å². The van der Waals surface area contributed by atoms with Crippen molar-refractivity contribution in [2.24, 2.45) is 0 Å². The molecule has 1 fully saturated rings. The van der Waals surface area contributed by atoms with Crippen molar-refractivity contribution in [3.8, 4) is 0 Å². The Morgan fingerprint density at radius 1 is 0.909 bits per heavy atom. The Morgan fingerprint density at radius 2 is 1.76 bits per heavy atom. The molecule has 0 unspecified atom stereocenters. The lowest BCUT2D eigenvalue weighted by Crippen LogP contribution is -2.29. The predicted molar refractivity (Wildman–Crippen MR) is 128 cm³/mol. The number of nitrogens with one attached hydrogen (secondary N) is 3. The zero-order valence-corrected chi connectivity index (χ0v) is 19.0. The first-order valence-electron chi connectivity index (χ1n) is 10.3. The van der Waals surface area contributed by atoms with Crippen LogP contribution in [-0.2, 0) is 0 Å². The second kappa shape index (κ2) is 10.6. The highest BCUT2D eigenvalue weighted by Crippen LogP contribution is 2.23. The Bertz CT molecular complexity index is 1130. The van der Waals surface area contributed by atoms with Crippen molar-refractivity contribution >= 4 is 52.3 Å². The molecule has 1 aliphatic heterocycles. The lowest BCUT2D eigenvalue weighted by molar-refractivity contribution is 0.102. The summed E-state index contributed by atoms with van der Waals surface area (Å²) in [5.74, 6) is 0.0514. The Balaban J connectivity index is 1.48. The van der Waals surface area contributed by atoms with E-state index in [0.29, 0.717) is 15.9 Å². The van der Waals surface area contributed by atoms with Crippen molar-refractivity contribution in [1.29, 1.82) is 0 Å². The largest absolute Gasteiger partial charge is 0.354 e. The molecule has 9 nitrogen and oxygen atoms in total. The van der Waals surface area contributed by atoms with Crippen LogP contribution in [0.2, 0.25) is 10.0 Å². The summed E-state index contributed by atoms with van der Waals surface area (Å²) in [6.07, 6.45) is 2.43. The number of nitrogens with zero attached hydrogens (tertiary/aromatic N) is 4. The predicted octanol–water partition coefficient (Wildman–Crippen LogP) is 3.48. The Hall–Kier alpha value is -3.27. The molecule has 1 aliphatic rings. The number of carbonyl (C=O) groups excluding carboxylic acids is 2. The number of anilines is 3. The first-order valence-corrected chi connectivity index (χ1v) is 11.1. The molecule has 1 aromatic carbocycles. The van der Waals surface area contributed by atoms with Crippen LogP contribution in [0.1, 0.15) is 27.3 Å². The molecule has 0 saturated carbocycles. The fraction of sp³-hybridized carbons (Fsp3) is 0.227. The van der Waals surface area contributed by atoms with Gasteiger partial charge < -0.3 is 20.9 Å². The minimum absolute atomic E-state index is 0.132. The molecule has 4 rings (SSSR count). The van der Waals surface area contributed by atoms with Gasteiger partial charge in [0.05, 0.1) is 16.3 Å². The Kier molecular flexibility index (Phi) is 7.33. The number of benzene rings is 1. The fourth-order valence-corrected chi connectivity index (χ4v) is 3.61. The maximum absolute atomic E-state index is 12.8. The monoisotopic (exact) mass is 485 g/mol. The summed E-state index contributed by atoms with van der Waals surface area (Å²) in [6.45, 7) is 3.54. The van der Waals surface area contributed by atoms with E-state index in [2.05, 4.69) is 36.0 Å². The Morgan fingerprint density at radius 3 is 2.52 bits per heavy atom. The quantitative estimate of drug-likeness (QED) is 0.506. The summed E-state index contributed by atoms with van der Waals surface area (Å²) in [6, 6.07) is 11.2. The summed E-state index contributed by atoms with van der Waals surface area (Å²) in [5, 5.41) is 17.8. The molecule has 0 radical (unpaired) electrons. The minimum atomic E-state index is -0.493.